The molecule has 13 heavy (non-hydrogen) atoms. The van der Waals surface area contributed by atoms with E-state index in [-0.39, 0.29) is 5.41 Å². The fraction of sp³-hybridized carbons (Fsp3) is 0.667. The maximum absolute atomic E-state index is 5.44. The van der Waals surface area contributed by atoms with Crippen LogP contribution in [0.15, 0.2) is 22.8 Å². The van der Waals surface area contributed by atoms with Crippen LogP contribution in [-0.2, 0) is 5.41 Å². The van der Waals surface area contributed by atoms with Crippen LogP contribution in [0.5, 0.6) is 0 Å². The number of rotatable bonds is 2. The molecule has 1 rings (SSSR count). The first-order valence-electron chi connectivity index (χ1n) is 4.85. The van der Waals surface area contributed by atoms with E-state index >= 15 is 0 Å². The molecule has 0 atom stereocenters. The van der Waals surface area contributed by atoms with Gasteiger partial charge in [0, 0.05) is 5.41 Å². The molecule has 1 nitrogen and oxygen atoms in total. The summed E-state index contributed by atoms with van der Waals surface area (Å²) < 4.78 is 5.44. The highest BCUT2D eigenvalue weighted by atomic mass is 16.3. The normalized spacial score (nSPS) is 13.3. The van der Waals surface area contributed by atoms with E-state index in [1.54, 1.807) is 6.26 Å². The van der Waals surface area contributed by atoms with Gasteiger partial charge in [0.2, 0.25) is 0 Å². The van der Waals surface area contributed by atoms with Crippen molar-refractivity contribution < 1.29 is 4.42 Å². The minimum atomic E-state index is 0.141. The zero-order valence-electron chi connectivity index (χ0n) is 9.35. The summed E-state index contributed by atoms with van der Waals surface area (Å²) >= 11 is 0. The molecule has 0 fully saturated rings. The molecule has 0 spiro atoms. The van der Waals surface area contributed by atoms with Gasteiger partial charge in [-0.1, -0.05) is 34.6 Å². The van der Waals surface area contributed by atoms with Gasteiger partial charge in [-0.25, -0.2) is 0 Å². The van der Waals surface area contributed by atoms with Crippen molar-refractivity contribution in [2.75, 3.05) is 0 Å². The third-order valence-electron chi connectivity index (χ3n) is 2.16. The van der Waals surface area contributed by atoms with E-state index < -0.39 is 0 Å². The smallest absolute Gasteiger partial charge is 0.109 e. The Morgan fingerprint density at radius 2 is 1.77 bits per heavy atom. The Labute approximate surface area is 81.1 Å². The summed E-state index contributed by atoms with van der Waals surface area (Å²) in [7, 11) is 0. The van der Waals surface area contributed by atoms with Crippen LogP contribution in [0.2, 0.25) is 0 Å². The first-order chi connectivity index (χ1) is 5.81. The highest BCUT2D eigenvalue weighted by Gasteiger charge is 2.29. The predicted molar refractivity (Wildman–Crippen MR) is 55.8 cm³/mol. The maximum Gasteiger partial charge on any atom is 0.109 e. The summed E-state index contributed by atoms with van der Waals surface area (Å²) in [5, 5.41) is 0. The van der Waals surface area contributed by atoms with Gasteiger partial charge >= 0.3 is 0 Å². The van der Waals surface area contributed by atoms with Crippen molar-refractivity contribution in [3.63, 3.8) is 0 Å². The molecular formula is C12H20O. The predicted octanol–water partition coefficient (Wildman–Crippen LogP) is 3.99. The van der Waals surface area contributed by atoms with Crippen LogP contribution in [-0.4, -0.2) is 0 Å². The Kier molecular flexibility index (Phi) is 2.56. The summed E-state index contributed by atoms with van der Waals surface area (Å²) in [5.74, 6) is 1.09. The zero-order chi connectivity index (χ0) is 10.1. The van der Waals surface area contributed by atoms with E-state index in [2.05, 4.69) is 40.7 Å². The van der Waals surface area contributed by atoms with Crippen LogP contribution in [0.4, 0.5) is 0 Å². The first-order valence-corrected chi connectivity index (χ1v) is 4.85. The average Bonchev–Trinajstić information content (AvgIpc) is 2.29. The van der Waals surface area contributed by atoms with Gasteiger partial charge in [-0.05, 0) is 24.0 Å². The van der Waals surface area contributed by atoms with Gasteiger partial charge < -0.3 is 4.42 Å². The monoisotopic (exact) mass is 180 g/mol. The molecule has 1 aromatic rings. The third kappa shape index (κ3) is 2.91. The standard InChI is InChI=1S/C12H20O/c1-11(2,3)9-12(4,5)10-7-6-8-13-10/h6-8H,9H2,1-5H3. The summed E-state index contributed by atoms with van der Waals surface area (Å²) in [6.07, 6.45) is 2.88. The van der Waals surface area contributed by atoms with Crippen LogP contribution < -0.4 is 0 Å². The van der Waals surface area contributed by atoms with Crippen LogP contribution >= 0.6 is 0 Å². The van der Waals surface area contributed by atoms with Crippen molar-refractivity contribution in [1.82, 2.24) is 0 Å². The second kappa shape index (κ2) is 3.21. The largest absolute Gasteiger partial charge is 0.469 e. The second-order valence-electron chi connectivity index (χ2n) is 5.60. The van der Waals surface area contributed by atoms with E-state index in [1.165, 1.54) is 0 Å². The molecule has 0 aliphatic carbocycles. The Morgan fingerprint density at radius 1 is 1.15 bits per heavy atom. The molecular weight excluding hydrogens is 160 g/mol. The van der Waals surface area contributed by atoms with Crippen molar-refractivity contribution in [3.05, 3.63) is 24.2 Å². The summed E-state index contributed by atoms with van der Waals surface area (Å²) in [6.45, 7) is 11.3. The lowest BCUT2D eigenvalue weighted by Gasteiger charge is -2.30. The summed E-state index contributed by atoms with van der Waals surface area (Å²) in [5.41, 5.74) is 0.484. The van der Waals surface area contributed by atoms with Crippen molar-refractivity contribution in [1.29, 1.82) is 0 Å². The number of furan rings is 1. The van der Waals surface area contributed by atoms with E-state index in [4.69, 9.17) is 4.42 Å². The average molecular weight is 180 g/mol. The van der Waals surface area contributed by atoms with Crippen LogP contribution in [0.25, 0.3) is 0 Å². The molecule has 0 aliphatic heterocycles. The van der Waals surface area contributed by atoms with E-state index in [0.717, 1.165) is 12.2 Å². The molecule has 1 heterocycles. The van der Waals surface area contributed by atoms with Crippen LogP contribution in [0, 0.1) is 5.41 Å². The molecule has 0 aliphatic rings. The molecule has 0 saturated heterocycles. The number of hydrogen-bond donors (Lipinski definition) is 0. The fourth-order valence-electron chi connectivity index (χ4n) is 2.08. The minimum Gasteiger partial charge on any atom is -0.469 e. The van der Waals surface area contributed by atoms with E-state index in [9.17, 15) is 0 Å². The lowest BCUT2D eigenvalue weighted by atomic mass is 9.75. The molecule has 1 heteroatoms. The van der Waals surface area contributed by atoms with E-state index in [0.29, 0.717) is 5.41 Å². The molecule has 0 N–H and O–H groups in total. The molecule has 1 aromatic heterocycles. The lowest BCUT2D eigenvalue weighted by molar-refractivity contribution is 0.252. The zero-order valence-corrected chi connectivity index (χ0v) is 9.35. The molecule has 0 radical (unpaired) electrons. The Hall–Kier alpha value is -0.720. The molecule has 0 aromatic carbocycles. The van der Waals surface area contributed by atoms with Crippen molar-refractivity contribution in [2.24, 2.45) is 5.41 Å². The van der Waals surface area contributed by atoms with Crippen molar-refractivity contribution in [3.8, 4) is 0 Å². The first kappa shape index (κ1) is 10.4. The van der Waals surface area contributed by atoms with Gasteiger partial charge in [0.15, 0.2) is 0 Å². The lowest BCUT2D eigenvalue weighted by Crippen LogP contribution is -2.24. The molecule has 0 unspecified atom stereocenters. The molecule has 0 amide bonds. The molecule has 0 saturated carbocycles. The van der Waals surface area contributed by atoms with Gasteiger partial charge in [0.1, 0.15) is 5.76 Å². The van der Waals surface area contributed by atoms with Gasteiger partial charge in [-0.2, -0.15) is 0 Å². The second-order valence-corrected chi connectivity index (χ2v) is 5.60. The molecule has 74 valence electrons. The highest BCUT2D eigenvalue weighted by Crippen LogP contribution is 2.36. The van der Waals surface area contributed by atoms with Crippen LogP contribution in [0.3, 0.4) is 0 Å². The number of hydrogen-bond acceptors (Lipinski definition) is 1. The SMILES string of the molecule is CC(C)(C)CC(C)(C)c1ccco1. The minimum absolute atomic E-state index is 0.141. The van der Waals surface area contributed by atoms with Gasteiger partial charge in [-0.15, -0.1) is 0 Å². The van der Waals surface area contributed by atoms with Gasteiger partial charge in [0.25, 0.3) is 0 Å². The van der Waals surface area contributed by atoms with Crippen LogP contribution in [0.1, 0.15) is 46.8 Å². The van der Waals surface area contributed by atoms with Gasteiger partial charge in [0.05, 0.1) is 6.26 Å². The maximum atomic E-state index is 5.44. The van der Waals surface area contributed by atoms with Crippen molar-refractivity contribution >= 4 is 0 Å². The summed E-state index contributed by atoms with van der Waals surface area (Å²) in [4.78, 5) is 0. The van der Waals surface area contributed by atoms with Crippen molar-refractivity contribution in [2.45, 2.75) is 46.5 Å². The summed E-state index contributed by atoms with van der Waals surface area (Å²) in [6, 6.07) is 4.02. The third-order valence-corrected chi connectivity index (χ3v) is 2.16. The Morgan fingerprint density at radius 3 is 2.15 bits per heavy atom. The topological polar surface area (TPSA) is 13.1 Å². The quantitative estimate of drug-likeness (QED) is 0.670. The highest BCUT2D eigenvalue weighted by molar-refractivity contribution is 5.11. The molecule has 0 bridgehead atoms. The Balaban J connectivity index is 2.78. The fourth-order valence-corrected chi connectivity index (χ4v) is 2.08. The Bertz CT molecular complexity index is 249. The van der Waals surface area contributed by atoms with Gasteiger partial charge in [-0.3, -0.25) is 0 Å². The van der Waals surface area contributed by atoms with E-state index in [1.807, 2.05) is 6.07 Å².